The lowest BCUT2D eigenvalue weighted by Crippen LogP contribution is -1.95. The fraction of sp³-hybridized carbons (Fsp3) is 0.200. The number of hydrogen-bond acceptors (Lipinski definition) is 2. The van der Waals surface area contributed by atoms with Crippen molar-refractivity contribution in [3.8, 4) is 0 Å². The summed E-state index contributed by atoms with van der Waals surface area (Å²) in [5.74, 6) is -0.292. The molecule has 0 radical (unpaired) electrons. The topological polar surface area (TPSA) is 20.2 Å². The first-order chi connectivity index (χ1) is 6.77. The molecule has 0 fully saturated rings. The van der Waals surface area contributed by atoms with Gasteiger partial charge in [0.25, 0.3) is 0 Å². The molecule has 4 heteroatoms. The van der Waals surface area contributed by atoms with E-state index in [9.17, 15) is 4.39 Å². The third-order valence-corrected chi connectivity index (χ3v) is 3.74. The molecule has 14 heavy (non-hydrogen) atoms. The summed E-state index contributed by atoms with van der Waals surface area (Å²) >= 11 is 4.68. The lowest BCUT2D eigenvalue weighted by molar-refractivity contribution is 0.277. The first kappa shape index (κ1) is 10.1. The molecule has 1 aromatic carbocycles. The Morgan fingerprint density at radius 2 is 2.29 bits per heavy atom. The van der Waals surface area contributed by atoms with Gasteiger partial charge < -0.3 is 5.11 Å². The minimum atomic E-state index is -0.292. The number of fused-ring (bicyclic) bond motifs is 1. The molecular weight excluding hydrogens is 267 g/mol. The average Bonchev–Trinajstić information content (AvgIpc) is 2.64. The molecule has 0 saturated heterocycles. The first-order valence-corrected chi connectivity index (χ1v) is 6.12. The Morgan fingerprint density at radius 1 is 1.50 bits per heavy atom. The number of aliphatic hydroxyl groups excluding tert-OH is 1. The largest absolute Gasteiger partial charge is 0.392 e. The molecular formula is C10H8BrFOS. The second-order valence-corrected chi connectivity index (χ2v) is 4.44. The lowest BCUT2D eigenvalue weighted by atomic mass is 10.1. The van der Waals surface area contributed by atoms with Crippen molar-refractivity contribution in [3.05, 3.63) is 34.5 Å². The highest BCUT2D eigenvalue weighted by Crippen LogP contribution is 2.30. The van der Waals surface area contributed by atoms with Crippen LogP contribution in [0, 0.1) is 5.82 Å². The molecule has 0 unspecified atom stereocenters. The molecule has 1 nitrogen and oxygen atoms in total. The smallest absolute Gasteiger partial charge is 0.134 e. The monoisotopic (exact) mass is 274 g/mol. The molecule has 0 aliphatic heterocycles. The second-order valence-electron chi connectivity index (χ2n) is 2.96. The van der Waals surface area contributed by atoms with E-state index in [0.717, 1.165) is 10.1 Å². The van der Waals surface area contributed by atoms with Crippen molar-refractivity contribution < 1.29 is 9.50 Å². The summed E-state index contributed by atoms with van der Waals surface area (Å²) < 4.78 is 14.5. The van der Waals surface area contributed by atoms with Crippen LogP contribution in [0.3, 0.4) is 0 Å². The number of halogens is 2. The summed E-state index contributed by atoms with van der Waals surface area (Å²) in [7, 11) is 0. The van der Waals surface area contributed by atoms with Gasteiger partial charge >= 0.3 is 0 Å². The van der Waals surface area contributed by atoms with E-state index in [1.54, 1.807) is 0 Å². The van der Waals surface area contributed by atoms with Crippen molar-refractivity contribution in [2.75, 3.05) is 0 Å². The van der Waals surface area contributed by atoms with Gasteiger partial charge in [-0.05, 0) is 28.5 Å². The highest BCUT2D eigenvalue weighted by atomic mass is 79.9. The van der Waals surface area contributed by atoms with Gasteiger partial charge in [-0.1, -0.05) is 15.9 Å². The van der Waals surface area contributed by atoms with Crippen LogP contribution < -0.4 is 0 Å². The first-order valence-electron chi connectivity index (χ1n) is 4.12. The molecule has 2 rings (SSSR count). The van der Waals surface area contributed by atoms with Gasteiger partial charge in [-0.3, -0.25) is 0 Å². The second kappa shape index (κ2) is 3.96. The van der Waals surface area contributed by atoms with Crippen LogP contribution in [-0.4, -0.2) is 5.11 Å². The Balaban J connectivity index is 2.80. The SMILES string of the molecule is OCc1c(F)c(CBr)cc2ccsc12. The lowest BCUT2D eigenvalue weighted by Gasteiger charge is -2.05. The average molecular weight is 275 g/mol. The quantitative estimate of drug-likeness (QED) is 0.832. The summed E-state index contributed by atoms with van der Waals surface area (Å²) in [4.78, 5) is 0. The predicted molar refractivity (Wildman–Crippen MR) is 60.3 cm³/mol. The zero-order chi connectivity index (χ0) is 10.1. The Bertz CT molecular complexity index is 466. The minimum Gasteiger partial charge on any atom is -0.392 e. The van der Waals surface area contributed by atoms with Crippen molar-refractivity contribution in [2.45, 2.75) is 11.9 Å². The van der Waals surface area contributed by atoms with Crippen molar-refractivity contribution in [1.29, 1.82) is 0 Å². The summed E-state index contributed by atoms with van der Waals surface area (Å²) in [5.41, 5.74) is 1.01. The fourth-order valence-corrected chi connectivity index (χ4v) is 2.78. The Morgan fingerprint density at radius 3 is 2.93 bits per heavy atom. The number of benzene rings is 1. The van der Waals surface area contributed by atoms with Crippen LogP contribution in [0.2, 0.25) is 0 Å². The minimum absolute atomic E-state index is 0.246. The van der Waals surface area contributed by atoms with Crippen LogP contribution in [0.25, 0.3) is 10.1 Å². The maximum absolute atomic E-state index is 13.7. The number of rotatable bonds is 2. The van der Waals surface area contributed by atoms with Gasteiger partial charge in [0.05, 0.1) is 6.61 Å². The number of hydrogen-bond donors (Lipinski definition) is 1. The van der Waals surface area contributed by atoms with E-state index in [0.29, 0.717) is 16.5 Å². The van der Waals surface area contributed by atoms with Crippen LogP contribution in [0.1, 0.15) is 11.1 Å². The molecule has 0 aliphatic rings. The molecule has 2 aromatic rings. The summed E-state index contributed by atoms with van der Waals surface area (Å²) in [5, 5.41) is 12.5. The normalized spacial score (nSPS) is 11.1. The third kappa shape index (κ3) is 1.47. The van der Waals surface area contributed by atoms with Crippen molar-refractivity contribution in [2.24, 2.45) is 0 Å². The highest BCUT2D eigenvalue weighted by Gasteiger charge is 2.12. The summed E-state index contributed by atoms with van der Waals surface area (Å²) in [6.07, 6.45) is 0. The molecule has 1 aromatic heterocycles. The maximum atomic E-state index is 13.7. The molecule has 0 aliphatic carbocycles. The van der Waals surface area contributed by atoms with Crippen LogP contribution >= 0.6 is 27.3 Å². The van der Waals surface area contributed by atoms with Crippen molar-refractivity contribution in [3.63, 3.8) is 0 Å². The van der Waals surface area contributed by atoms with Crippen LogP contribution in [0.15, 0.2) is 17.5 Å². The molecule has 0 bridgehead atoms. The number of alkyl halides is 1. The molecule has 0 saturated carbocycles. The Labute approximate surface area is 93.3 Å². The molecule has 1 heterocycles. The Kier molecular flexibility index (Phi) is 2.85. The van der Waals surface area contributed by atoms with E-state index in [1.807, 2.05) is 17.5 Å². The molecule has 0 spiro atoms. The van der Waals surface area contributed by atoms with Gasteiger partial charge in [-0.15, -0.1) is 11.3 Å². The van der Waals surface area contributed by atoms with Crippen molar-refractivity contribution in [1.82, 2.24) is 0 Å². The van der Waals surface area contributed by atoms with Gasteiger partial charge in [-0.25, -0.2) is 4.39 Å². The van der Waals surface area contributed by atoms with Gasteiger partial charge in [0, 0.05) is 15.6 Å². The molecule has 0 atom stereocenters. The van der Waals surface area contributed by atoms with E-state index in [4.69, 9.17) is 5.11 Å². The Hall–Kier alpha value is -0.450. The van der Waals surface area contributed by atoms with E-state index in [2.05, 4.69) is 15.9 Å². The van der Waals surface area contributed by atoms with Gasteiger partial charge in [0.15, 0.2) is 0 Å². The van der Waals surface area contributed by atoms with Crippen LogP contribution in [0.5, 0.6) is 0 Å². The maximum Gasteiger partial charge on any atom is 0.134 e. The van der Waals surface area contributed by atoms with E-state index >= 15 is 0 Å². The summed E-state index contributed by atoms with van der Waals surface area (Å²) in [6, 6.07) is 3.75. The zero-order valence-corrected chi connectivity index (χ0v) is 9.66. The summed E-state index contributed by atoms with van der Waals surface area (Å²) in [6.45, 7) is -0.246. The molecule has 74 valence electrons. The van der Waals surface area contributed by atoms with Crippen molar-refractivity contribution >= 4 is 37.4 Å². The zero-order valence-electron chi connectivity index (χ0n) is 7.26. The van der Waals surface area contributed by atoms with E-state index < -0.39 is 0 Å². The van der Waals surface area contributed by atoms with E-state index in [-0.39, 0.29) is 12.4 Å². The predicted octanol–water partition coefficient (Wildman–Crippen LogP) is 3.43. The fourth-order valence-electron chi connectivity index (χ4n) is 1.46. The third-order valence-electron chi connectivity index (χ3n) is 2.15. The number of thiophene rings is 1. The van der Waals surface area contributed by atoms with Crippen LogP contribution in [0.4, 0.5) is 4.39 Å². The van der Waals surface area contributed by atoms with Gasteiger partial charge in [0.2, 0.25) is 0 Å². The van der Waals surface area contributed by atoms with Crippen LogP contribution in [-0.2, 0) is 11.9 Å². The highest BCUT2D eigenvalue weighted by molar-refractivity contribution is 9.08. The molecule has 1 N–H and O–H groups in total. The van der Waals surface area contributed by atoms with Gasteiger partial charge in [0.1, 0.15) is 5.82 Å². The molecule has 0 amide bonds. The van der Waals surface area contributed by atoms with Gasteiger partial charge in [-0.2, -0.15) is 0 Å². The van der Waals surface area contributed by atoms with E-state index in [1.165, 1.54) is 11.3 Å². The number of aliphatic hydroxyl groups is 1. The standard InChI is InChI=1S/C10H8BrFOS/c11-4-7-3-6-1-2-14-10(6)8(5-13)9(7)12/h1-3,13H,4-5H2.